The van der Waals surface area contributed by atoms with Crippen LogP contribution in [0, 0.1) is 13.8 Å². The fourth-order valence-electron chi connectivity index (χ4n) is 1.55. The van der Waals surface area contributed by atoms with Crippen molar-refractivity contribution in [2.24, 2.45) is 0 Å². The Morgan fingerprint density at radius 3 is 2.83 bits per heavy atom. The Labute approximate surface area is 110 Å². The number of nitrogens with zero attached hydrogens (tertiary/aromatic N) is 2. The van der Waals surface area contributed by atoms with Crippen LogP contribution in [-0.4, -0.2) is 15.9 Å². The Kier molecular flexibility index (Phi) is 3.58. The highest BCUT2D eigenvalue weighted by atomic mass is 35.5. The van der Waals surface area contributed by atoms with Crippen molar-refractivity contribution >= 4 is 23.2 Å². The van der Waals surface area contributed by atoms with Crippen molar-refractivity contribution < 1.29 is 4.79 Å². The minimum absolute atomic E-state index is 0.266. The average Bonchev–Trinajstić information content (AvgIpc) is 2.34. The molecule has 2 heterocycles. The monoisotopic (exact) mass is 261 g/mol. The van der Waals surface area contributed by atoms with Gasteiger partial charge in [-0.1, -0.05) is 17.7 Å². The minimum atomic E-state index is -0.289. The van der Waals surface area contributed by atoms with Crippen LogP contribution in [0.5, 0.6) is 0 Å². The fourth-order valence-corrected chi connectivity index (χ4v) is 1.70. The molecule has 4 nitrogen and oxygen atoms in total. The lowest BCUT2D eigenvalue weighted by atomic mass is 10.2. The van der Waals surface area contributed by atoms with Crippen LogP contribution in [-0.2, 0) is 0 Å². The van der Waals surface area contributed by atoms with Gasteiger partial charge in [0.15, 0.2) is 5.15 Å². The van der Waals surface area contributed by atoms with E-state index < -0.39 is 0 Å². The van der Waals surface area contributed by atoms with Gasteiger partial charge in [0.25, 0.3) is 5.91 Å². The third-order valence-corrected chi connectivity index (χ3v) is 2.75. The van der Waals surface area contributed by atoms with Crippen molar-refractivity contribution in [2.75, 3.05) is 5.32 Å². The zero-order valence-electron chi connectivity index (χ0n) is 10.1. The van der Waals surface area contributed by atoms with Crippen LogP contribution in [0.2, 0.25) is 5.15 Å². The largest absolute Gasteiger partial charge is 0.318 e. The van der Waals surface area contributed by atoms with Crippen LogP contribution in [0.25, 0.3) is 0 Å². The van der Waals surface area contributed by atoms with Crippen molar-refractivity contribution in [1.82, 2.24) is 9.97 Å². The van der Waals surface area contributed by atoms with E-state index in [-0.39, 0.29) is 11.1 Å². The zero-order chi connectivity index (χ0) is 13.1. The quantitative estimate of drug-likeness (QED) is 0.846. The summed E-state index contributed by atoms with van der Waals surface area (Å²) in [6.07, 6.45) is 3.22. The number of hydrogen-bond acceptors (Lipinski definition) is 3. The minimum Gasteiger partial charge on any atom is -0.318 e. The summed E-state index contributed by atoms with van der Waals surface area (Å²) in [4.78, 5) is 20.1. The van der Waals surface area contributed by atoms with E-state index in [0.29, 0.717) is 11.4 Å². The molecule has 18 heavy (non-hydrogen) atoms. The number of anilines is 1. The van der Waals surface area contributed by atoms with Gasteiger partial charge in [0.05, 0.1) is 5.69 Å². The molecule has 92 valence electrons. The number of carbonyl (C=O) groups is 1. The topological polar surface area (TPSA) is 54.9 Å². The SMILES string of the molecule is Cc1cnc(Cl)c(NC(=O)c2ncccc2C)c1. The molecule has 0 aliphatic rings. The molecule has 0 fully saturated rings. The second kappa shape index (κ2) is 5.14. The van der Waals surface area contributed by atoms with Gasteiger partial charge >= 0.3 is 0 Å². The molecule has 0 aliphatic heterocycles. The molecule has 1 N–H and O–H groups in total. The van der Waals surface area contributed by atoms with Crippen molar-refractivity contribution in [2.45, 2.75) is 13.8 Å². The molecule has 0 bridgehead atoms. The lowest BCUT2D eigenvalue weighted by molar-refractivity contribution is 0.102. The standard InChI is InChI=1S/C13H12ClN3O/c1-8-6-10(12(14)16-7-8)17-13(18)11-9(2)4-3-5-15-11/h3-7H,1-2H3,(H,17,18). The van der Waals surface area contributed by atoms with E-state index in [1.807, 2.05) is 19.9 Å². The molecule has 0 atom stereocenters. The fraction of sp³-hybridized carbons (Fsp3) is 0.154. The lowest BCUT2D eigenvalue weighted by Gasteiger charge is -2.08. The first-order valence-electron chi connectivity index (χ1n) is 5.43. The van der Waals surface area contributed by atoms with E-state index in [4.69, 9.17) is 11.6 Å². The number of hydrogen-bond donors (Lipinski definition) is 1. The molecule has 0 saturated carbocycles. The molecular weight excluding hydrogens is 250 g/mol. The Morgan fingerprint density at radius 1 is 1.33 bits per heavy atom. The van der Waals surface area contributed by atoms with E-state index in [1.165, 1.54) is 0 Å². The van der Waals surface area contributed by atoms with Crippen molar-refractivity contribution in [3.63, 3.8) is 0 Å². The lowest BCUT2D eigenvalue weighted by Crippen LogP contribution is -2.15. The van der Waals surface area contributed by atoms with Crippen LogP contribution in [0.3, 0.4) is 0 Å². The maximum Gasteiger partial charge on any atom is 0.274 e. The molecule has 0 unspecified atom stereocenters. The maximum atomic E-state index is 12.0. The van der Waals surface area contributed by atoms with Gasteiger partial charge in [-0.05, 0) is 37.1 Å². The van der Waals surface area contributed by atoms with E-state index in [2.05, 4.69) is 15.3 Å². The third kappa shape index (κ3) is 2.65. The summed E-state index contributed by atoms with van der Waals surface area (Å²) in [5.41, 5.74) is 2.61. The molecule has 2 aromatic heterocycles. The summed E-state index contributed by atoms with van der Waals surface area (Å²) >= 11 is 5.92. The van der Waals surface area contributed by atoms with Gasteiger partial charge in [0.2, 0.25) is 0 Å². The first-order valence-corrected chi connectivity index (χ1v) is 5.81. The molecule has 0 aliphatic carbocycles. The second-order valence-electron chi connectivity index (χ2n) is 3.97. The molecule has 0 spiro atoms. The maximum absolute atomic E-state index is 12.0. The molecular formula is C13H12ClN3O. The summed E-state index contributed by atoms with van der Waals surface area (Å²) in [6.45, 7) is 3.71. The molecule has 1 amide bonds. The number of carbonyl (C=O) groups excluding carboxylic acids is 1. The number of rotatable bonds is 2. The Bertz CT molecular complexity index is 599. The summed E-state index contributed by atoms with van der Waals surface area (Å²) in [5, 5.41) is 2.98. The average molecular weight is 262 g/mol. The van der Waals surface area contributed by atoms with Gasteiger partial charge in [-0.25, -0.2) is 4.98 Å². The zero-order valence-corrected chi connectivity index (χ0v) is 10.8. The van der Waals surface area contributed by atoms with Crippen LogP contribution in [0.1, 0.15) is 21.6 Å². The summed E-state index contributed by atoms with van der Waals surface area (Å²) in [7, 11) is 0. The highest BCUT2D eigenvalue weighted by Crippen LogP contribution is 2.20. The van der Waals surface area contributed by atoms with Crippen LogP contribution >= 0.6 is 11.6 Å². The predicted molar refractivity (Wildman–Crippen MR) is 70.9 cm³/mol. The van der Waals surface area contributed by atoms with Crippen molar-refractivity contribution in [3.05, 3.63) is 52.6 Å². The molecule has 5 heteroatoms. The van der Waals surface area contributed by atoms with E-state index in [1.54, 1.807) is 24.5 Å². The van der Waals surface area contributed by atoms with E-state index in [9.17, 15) is 4.79 Å². The predicted octanol–water partition coefficient (Wildman–Crippen LogP) is 3.00. The highest BCUT2D eigenvalue weighted by molar-refractivity contribution is 6.32. The number of nitrogens with one attached hydrogen (secondary N) is 1. The number of amides is 1. The van der Waals surface area contributed by atoms with E-state index in [0.717, 1.165) is 11.1 Å². The molecule has 0 aromatic carbocycles. The Hall–Kier alpha value is -1.94. The van der Waals surface area contributed by atoms with Crippen molar-refractivity contribution in [3.8, 4) is 0 Å². The normalized spacial score (nSPS) is 10.2. The number of aromatic nitrogens is 2. The van der Waals surface area contributed by atoms with Gasteiger partial charge in [-0.3, -0.25) is 9.78 Å². The molecule has 2 aromatic rings. The molecule has 0 saturated heterocycles. The first kappa shape index (κ1) is 12.5. The van der Waals surface area contributed by atoms with E-state index >= 15 is 0 Å². The Balaban J connectivity index is 2.27. The van der Waals surface area contributed by atoms with Gasteiger partial charge in [0.1, 0.15) is 5.69 Å². The van der Waals surface area contributed by atoms with Gasteiger partial charge in [-0.2, -0.15) is 0 Å². The Morgan fingerprint density at radius 2 is 2.11 bits per heavy atom. The van der Waals surface area contributed by atoms with Crippen LogP contribution < -0.4 is 5.32 Å². The third-order valence-electron chi connectivity index (χ3n) is 2.45. The second-order valence-corrected chi connectivity index (χ2v) is 4.33. The van der Waals surface area contributed by atoms with Crippen LogP contribution in [0.15, 0.2) is 30.6 Å². The number of aryl methyl sites for hydroxylation is 2. The summed E-state index contributed by atoms with van der Waals surface area (Å²) < 4.78 is 0. The van der Waals surface area contributed by atoms with Gasteiger partial charge in [-0.15, -0.1) is 0 Å². The number of pyridine rings is 2. The van der Waals surface area contributed by atoms with Crippen LogP contribution in [0.4, 0.5) is 5.69 Å². The summed E-state index contributed by atoms with van der Waals surface area (Å²) in [5.74, 6) is -0.289. The smallest absolute Gasteiger partial charge is 0.274 e. The molecule has 0 radical (unpaired) electrons. The van der Waals surface area contributed by atoms with Gasteiger partial charge < -0.3 is 5.32 Å². The first-order chi connectivity index (χ1) is 8.58. The molecule has 2 rings (SSSR count). The van der Waals surface area contributed by atoms with Gasteiger partial charge in [0, 0.05) is 12.4 Å². The van der Waals surface area contributed by atoms with Crippen molar-refractivity contribution in [1.29, 1.82) is 0 Å². The summed E-state index contributed by atoms with van der Waals surface area (Å²) in [6, 6.07) is 5.39. The highest BCUT2D eigenvalue weighted by Gasteiger charge is 2.12. The number of halogens is 1.